The molecule has 0 saturated heterocycles. The monoisotopic (exact) mass is 551 g/mol. The number of hydrogen-bond acceptors (Lipinski definition) is 1. The molecule has 1 nitrogen and oxygen atoms in total. The van der Waals surface area contributed by atoms with Crippen molar-refractivity contribution >= 4 is 17.1 Å². The van der Waals surface area contributed by atoms with Gasteiger partial charge in [-0.2, -0.15) is 0 Å². The number of nitrogens with zero attached hydrogens (tertiary/aromatic N) is 1. The van der Waals surface area contributed by atoms with Crippen LogP contribution >= 0.6 is 0 Å². The summed E-state index contributed by atoms with van der Waals surface area (Å²) in [6.07, 6.45) is 1.14. The normalized spacial score (nSPS) is 9.93. The molecule has 0 unspecified atom stereocenters. The van der Waals surface area contributed by atoms with E-state index in [1.807, 2.05) is 33.8 Å². The minimum absolute atomic E-state index is 1.14. The minimum atomic E-state index is 1.14. The van der Waals surface area contributed by atoms with E-state index in [9.17, 15) is 0 Å². The van der Waals surface area contributed by atoms with Crippen LogP contribution in [0.25, 0.3) is 0 Å². The summed E-state index contributed by atoms with van der Waals surface area (Å²) < 4.78 is 0. The molecule has 0 radical (unpaired) electrons. The van der Waals surface area contributed by atoms with E-state index in [1.54, 1.807) is 0 Å². The maximum atomic E-state index is 2.51. The summed E-state index contributed by atoms with van der Waals surface area (Å²) in [5, 5.41) is 0. The van der Waals surface area contributed by atoms with Crippen LogP contribution in [0.4, 0.5) is 17.1 Å². The van der Waals surface area contributed by atoms with E-state index in [0.29, 0.717) is 0 Å². The Kier molecular flexibility index (Phi) is 14.7. The zero-order valence-electron chi connectivity index (χ0n) is 28.9. The van der Waals surface area contributed by atoms with E-state index in [0.717, 1.165) is 6.42 Å². The molecular formula is C40H57N. The van der Waals surface area contributed by atoms with Gasteiger partial charge in [-0.3, -0.25) is 0 Å². The summed E-state index contributed by atoms with van der Waals surface area (Å²) in [5.74, 6) is 0. The molecule has 0 saturated carbocycles. The molecule has 4 aromatic rings. The SMILES string of the molecule is CC.CC.CCc1ccccc1.Cc1c(C)c(C)c(N(c2ccccc2)c2c(C)c(C)c(C)c(C)c2C)c(C)c1C. The standard InChI is InChI=1S/C28H35N.C8H10.2C2H6/c1-16-18(3)22(7)27(23(8)19(16)4)29(26-14-12-11-13-15-26)28-24(9)20(5)17(2)21(6)25(28)10;1-2-8-6-4-3-5-7-8;2*1-2/h11-15H,1-10H3;3-7H,2H2,1H3;2*1-2H3. The summed E-state index contributed by atoms with van der Waals surface area (Å²) in [6, 6.07) is 21.3. The largest absolute Gasteiger partial charge is 0.309 e. The summed E-state index contributed by atoms with van der Waals surface area (Å²) in [6.45, 7) is 32.8. The Hall–Kier alpha value is -3.32. The first kappa shape index (κ1) is 35.7. The van der Waals surface area contributed by atoms with Gasteiger partial charge in [-0.25, -0.2) is 0 Å². The van der Waals surface area contributed by atoms with Crippen LogP contribution in [0.2, 0.25) is 0 Å². The number of rotatable bonds is 4. The zero-order valence-corrected chi connectivity index (χ0v) is 28.9. The fourth-order valence-corrected chi connectivity index (χ4v) is 5.29. The molecule has 0 amide bonds. The molecule has 0 aromatic heterocycles. The Morgan fingerprint density at radius 1 is 0.390 bits per heavy atom. The topological polar surface area (TPSA) is 3.24 Å². The van der Waals surface area contributed by atoms with Crippen LogP contribution in [0.3, 0.4) is 0 Å². The Labute approximate surface area is 253 Å². The van der Waals surface area contributed by atoms with Crippen LogP contribution in [0.1, 0.15) is 95.8 Å². The molecule has 0 spiro atoms. The Bertz CT molecular complexity index is 1250. The van der Waals surface area contributed by atoms with Crippen molar-refractivity contribution in [3.63, 3.8) is 0 Å². The average Bonchev–Trinajstić information content (AvgIpc) is 3.03. The first-order valence-corrected chi connectivity index (χ1v) is 15.6. The predicted molar refractivity (Wildman–Crippen MR) is 187 cm³/mol. The third-order valence-electron chi connectivity index (χ3n) is 8.63. The molecule has 0 bridgehead atoms. The summed E-state index contributed by atoms with van der Waals surface area (Å²) >= 11 is 0. The highest BCUT2D eigenvalue weighted by atomic mass is 15.2. The number of benzene rings is 4. The fourth-order valence-electron chi connectivity index (χ4n) is 5.29. The second-order valence-corrected chi connectivity index (χ2v) is 10.5. The third kappa shape index (κ3) is 7.91. The summed E-state index contributed by atoms with van der Waals surface area (Å²) in [4.78, 5) is 2.51. The van der Waals surface area contributed by atoms with Gasteiger partial charge in [0.25, 0.3) is 0 Å². The maximum absolute atomic E-state index is 2.51. The molecule has 0 aliphatic heterocycles. The second kappa shape index (κ2) is 16.8. The Morgan fingerprint density at radius 2 is 0.659 bits per heavy atom. The average molecular weight is 552 g/mol. The molecule has 0 fully saturated rings. The van der Waals surface area contributed by atoms with Crippen LogP contribution in [0.5, 0.6) is 0 Å². The van der Waals surface area contributed by atoms with Gasteiger partial charge in [0.1, 0.15) is 0 Å². The van der Waals surface area contributed by atoms with Crippen molar-refractivity contribution in [1.29, 1.82) is 0 Å². The Morgan fingerprint density at radius 3 is 0.927 bits per heavy atom. The van der Waals surface area contributed by atoms with Gasteiger partial charge in [-0.1, -0.05) is 83.1 Å². The molecule has 0 N–H and O–H groups in total. The minimum Gasteiger partial charge on any atom is -0.309 e. The van der Waals surface area contributed by atoms with Crippen LogP contribution < -0.4 is 4.90 Å². The molecule has 0 atom stereocenters. The van der Waals surface area contributed by atoms with Crippen molar-refractivity contribution < 1.29 is 0 Å². The number of anilines is 3. The van der Waals surface area contributed by atoms with Crippen molar-refractivity contribution in [1.82, 2.24) is 0 Å². The lowest BCUT2D eigenvalue weighted by Crippen LogP contribution is -2.18. The lowest BCUT2D eigenvalue weighted by atomic mass is 9.89. The molecule has 41 heavy (non-hydrogen) atoms. The van der Waals surface area contributed by atoms with Crippen LogP contribution in [-0.2, 0) is 6.42 Å². The van der Waals surface area contributed by atoms with Crippen LogP contribution in [0, 0.1) is 69.2 Å². The lowest BCUT2D eigenvalue weighted by molar-refractivity contribution is 1.09. The molecule has 0 heterocycles. The van der Waals surface area contributed by atoms with Crippen molar-refractivity contribution in [2.75, 3.05) is 4.90 Å². The molecule has 222 valence electrons. The fraction of sp³-hybridized carbons (Fsp3) is 0.400. The highest BCUT2D eigenvalue weighted by Gasteiger charge is 2.25. The van der Waals surface area contributed by atoms with Crippen LogP contribution in [-0.4, -0.2) is 0 Å². The van der Waals surface area contributed by atoms with E-state index < -0.39 is 0 Å². The van der Waals surface area contributed by atoms with Crippen molar-refractivity contribution in [2.45, 2.75) is 110 Å². The van der Waals surface area contributed by atoms with E-state index in [4.69, 9.17) is 0 Å². The van der Waals surface area contributed by atoms with Crippen molar-refractivity contribution in [3.8, 4) is 0 Å². The quantitative estimate of drug-likeness (QED) is 0.244. The summed E-state index contributed by atoms with van der Waals surface area (Å²) in [5.41, 5.74) is 19.1. The second-order valence-electron chi connectivity index (χ2n) is 10.5. The molecular weight excluding hydrogens is 494 g/mol. The molecule has 1 heteroatoms. The van der Waals surface area contributed by atoms with E-state index in [-0.39, 0.29) is 0 Å². The molecule has 4 aromatic carbocycles. The van der Waals surface area contributed by atoms with Gasteiger partial charge in [0, 0.05) is 5.69 Å². The van der Waals surface area contributed by atoms with Crippen molar-refractivity contribution in [2.24, 2.45) is 0 Å². The maximum Gasteiger partial charge on any atom is 0.0525 e. The first-order valence-electron chi connectivity index (χ1n) is 15.6. The van der Waals surface area contributed by atoms with Gasteiger partial charge >= 0.3 is 0 Å². The third-order valence-corrected chi connectivity index (χ3v) is 8.63. The van der Waals surface area contributed by atoms with Gasteiger partial charge in [0.2, 0.25) is 0 Å². The smallest absolute Gasteiger partial charge is 0.0525 e. The molecule has 0 aliphatic carbocycles. The zero-order chi connectivity index (χ0) is 31.4. The van der Waals surface area contributed by atoms with Gasteiger partial charge in [-0.15, -0.1) is 0 Å². The Balaban J connectivity index is 0.000000590. The van der Waals surface area contributed by atoms with E-state index in [1.165, 1.54) is 78.3 Å². The molecule has 4 rings (SSSR count). The van der Waals surface area contributed by atoms with Crippen LogP contribution in [0.15, 0.2) is 60.7 Å². The molecule has 0 aliphatic rings. The number of aryl methyl sites for hydroxylation is 1. The summed E-state index contributed by atoms with van der Waals surface area (Å²) in [7, 11) is 0. The van der Waals surface area contributed by atoms with Gasteiger partial charge in [0.15, 0.2) is 0 Å². The van der Waals surface area contributed by atoms with Crippen molar-refractivity contribution in [3.05, 3.63) is 122 Å². The predicted octanol–water partition coefficient (Wildman–Crippen LogP) is 12.5. The highest BCUT2D eigenvalue weighted by molar-refractivity contribution is 5.86. The highest BCUT2D eigenvalue weighted by Crippen LogP contribution is 2.46. The van der Waals surface area contributed by atoms with Gasteiger partial charge < -0.3 is 4.90 Å². The van der Waals surface area contributed by atoms with E-state index in [2.05, 4.69) is 136 Å². The van der Waals surface area contributed by atoms with Gasteiger partial charge in [0.05, 0.1) is 11.4 Å². The lowest BCUT2D eigenvalue weighted by Gasteiger charge is -2.34. The first-order chi connectivity index (χ1) is 19.5. The number of hydrogen-bond donors (Lipinski definition) is 0. The van der Waals surface area contributed by atoms with Gasteiger partial charge in [-0.05, 0) is 149 Å². The number of para-hydroxylation sites is 1. The van der Waals surface area contributed by atoms with E-state index >= 15 is 0 Å².